The molecule has 0 saturated carbocycles. The average Bonchev–Trinajstić information content (AvgIpc) is 3.09. The second-order valence-corrected chi connectivity index (χ2v) is 20.9. The molecule has 61 heavy (non-hydrogen) atoms. The van der Waals surface area contributed by atoms with Crippen molar-refractivity contribution < 1.29 is 59.4 Å². The number of carbonyl (C=O) groups is 6. The topological polar surface area (TPSA) is 190 Å². The zero-order chi connectivity index (χ0) is 49.0. The third-order valence-electron chi connectivity index (χ3n) is 10.7. The first kappa shape index (κ1) is 62.0. The van der Waals surface area contributed by atoms with Crippen molar-refractivity contribution >= 4 is 35.8 Å². The number of ether oxygens (including phenoxy) is 4. The first-order valence-corrected chi connectivity index (χ1v) is 21.5. The number of likely N-dealkylation sites (N-methyl/N-ethyl adjacent to an activating group) is 3. The van der Waals surface area contributed by atoms with Gasteiger partial charge in [-0.1, -0.05) is 20.8 Å². The zero-order valence-corrected chi connectivity index (χ0v) is 42.3. The van der Waals surface area contributed by atoms with E-state index in [0.717, 1.165) is 0 Å². The molecule has 0 spiro atoms. The molecule has 3 atom stereocenters. The largest absolute Gasteiger partial charge is 1.00 e. The van der Waals surface area contributed by atoms with Gasteiger partial charge >= 0.3 is 37.2 Å². The highest BCUT2D eigenvalue weighted by Gasteiger charge is 2.45. The summed E-state index contributed by atoms with van der Waals surface area (Å²) in [6, 6.07) is 0. The Bertz CT molecular complexity index is 1330. The first-order valence-electron chi connectivity index (χ1n) is 21.5. The molecule has 0 aliphatic carbocycles. The Labute approximate surface area is 371 Å². The number of carboxylic acids is 2. The minimum absolute atomic E-state index is 0. The van der Waals surface area contributed by atoms with Gasteiger partial charge in [-0.2, -0.15) is 0 Å². The molecular weight excluding hydrogens is 787 g/mol. The Kier molecular flexibility index (Phi) is 26.8. The molecule has 0 rings (SSSR count). The summed E-state index contributed by atoms with van der Waals surface area (Å²) in [6.07, 6.45) is 2.67. The van der Waals surface area contributed by atoms with E-state index in [1.54, 1.807) is 41.5 Å². The second kappa shape index (κ2) is 26.4. The number of aliphatic carboxylic acids is 2. The molecular formula is C46H90N3O12+. The van der Waals surface area contributed by atoms with E-state index in [1.807, 2.05) is 119 Å². The Balaban J connectivity index is -0.000000406. The SMILES string of the molecule is CCC(C)(CC(C)(C)C(=O)O)C(=O)OCCN(C)C.CCC(C)(CC(C)(C)C(=O)O)C(=O)OCCN(C)C.CCC(C)(CC(C)(C)C(=O)OC(C)(C)C)C(=O)OCCN(C)C.[H+]. The molecule has 0 aromatic heterocycles. The van der Waals surface area contributed by atoms with Crippen LogP contribution in [0.5, 0.6) is 0 Å². The third kappa shape index (κ3) is 24.8. The van der Waals surface area contributed by atoms with E-state index in [4.69, 9.17) is 18.9 Å². The standard InChI is InChI=1S/C18H35NO4.2C14H27NO4/c1-10-18(7,15(21)22-12-11-19(8)9)13-17(5,6)14(20)23-16(2,3)4;2*1-7-14(4,10-13(2,3)11(16)17)12(18)19-9-8-15(5)6/h10-13H2,1-9H3;2*7-10H2,1-6H3,(H,16,17)/p+1. The molecule has 360 valence electrons. The Morgan fingerprint density at radius 1 is 0.426 bits per heavy atom. The van der Waals surface area contributed by atoms with Crippen LogP contribution in [0.3, 0.4) is 0 Å². The number of carbonyl (C=O) groups excluding carboxylic acids is 4. The third-order valence-corrected chi connectivity index (χ3v) is 10.7. The van der Waals surface area contributed by atoms with Crippen molar-refractivity contribution in [1.82, 2.24) is 14.7 Å². The van der Waals surface area contributed by atoms with Gasteiger partial charge < -0.3 is 43.9 Å². The van der Waals surface area contributed by atoms with Crippen LogP contribution in [0.1, 0.15) is 144 Å². The Morgan fingerprint density at radius 2 is 0.656 bits per heavy atom. The van der Waals surface area contributed by atoms with E-state index in [-0.39, 0.29) is 38.1 Å². The van der Waals surface area contributed by atoms with Gasteiger partial charge in [0.05, 0.1) is 32.5 Å². The molecule has 0 amide bonds. The van der Waals surface area contributed by atoms with Crippen molar-refractivity contribution in [3.63, 3.8) is 0 Å². The fourth-order valence-electron chi connectivity index (χ4n) is 6.08. The van der Waals surface area contributed by atoms with Crippen LogP contribution in [-0.2, 0) is 47.7 Å². The lowest BCUT2D eigenvalue weighted by atomic mass is 9.72. The van der Waals surface area contributed by atoms with Gasteiger partial charge in [-0.15, -0.1) is 0 Å². The van der Waals surface area contributed by atoms with Gasteiger partial charge in [0, 0.05) is 19.6 Å². The van der Waals surface area contributed by atoms with Crippen molar-refractivity contribution in [2.24, 2.45) is 32.5 Å². The van der Waals surface area contributed by atoms with E-state index in [9.17, 15) is 39.0 Å². The van der Waals surface area contributed by atoms with Crippen molar-refractivity contribution in [3.8, 4) is 0 Å². The summed E-state index contributed by atoms with van der Waals surface area (Å²) in [5.74, 6) is -2.96. The minimum Gasteiger partial charge on any atom is -0.481 e. The highest BCUT2D eigenvalue weighted by molar-refractivity contribution is 5.81. The molecule has 0 fully saturated rings. The van der Waals surface area contributed by atoms with Crippen LogP contribution in [0, 0.1) is 32.5 Å². The lowest BCUT2D eigenvalue weighted by Crippen LogP contribution is -2.41. The molecule has 0 heterocycles. The van der Waals surface area contributed by atoms with Gasteiger partial charge in [0.2, 0.25) is 0 Å². The van der Waals surface area contributed by atoms with Crippen molar-refractivity contribution in [1.29, 1.82) is 0 Å². The lowest BCUT2D eigenvalue weighted by molar-refractivity contribution is -0.171. The van der Waals surface area contributed by atoms with Crippen LogP contribution >= 0.6 is 0 Å². The van der Waals surface area contributed by atoms with Crippen molar-refractivity contribution in [3.05, 3.63) is 0 Å². The Morgan fingerprint density at radius 3 is 0.836 bits per heavy atom. The zero-order valence-electron chi connectivity index (χ0n) is 43.3. The fourth-order valence-corrected chi connectivity index (χ4v) is 6.08. The molecule has 0 bridgehead atoms. The Hall–Kier alpha value is -3.30. The predicted octanol–water partition coefficient (Wildman–Crippen LogP) is 7.39. The molecule has 15 nitrogen and oxygen atoms in total. The van der Waals surface area contributed by atoms with E-state index in [0.29, 0.717) is 65.1 Å². The van der Waals surface area contributed by atoms with Gasteiger partial charge in [-0.3, -0.25) is 28.8 Å². The molecule has 15 heteroatoms. The molecule has 0 aliphatic heterocycles. The maximum Gasteiger partial charge on any atom is 1.00 e. The molecule has 3 unspecified atom stereocenters. The van der Waals surface area contributed by atoms with Gasteiger partial charge in [-0.25, -0.2) is 0 Å². The molecule has 0 aromatic rings. The normalized spacial score (nSPS) is 15.1. The smallest absolute Gasteiger partial charge is 0.481 e. The van der Waals surface area contributed by atoms with E-state index in [1.165, 1.54) is 0 Å². The van der Waals surface area contributed by atoms with E-state index in [2.05, 4.69) is 0 Å². The quantitative estimate of drug-likeness (QED) is 0.0721. The van der Waals surface area contributed by atoms with Crippen LogP contribution in [0.25, 0.3) is 0 Å². The number of nitrogens with zero attached hydrogens (tertiary/aromatic N) is 3. The highest BCUT2D eigenvalue weighted by atomic mass is 16.6. The van der Waals surface area contributed by atoms with Gasteiger partial charge in [0.15, 0.2) is 0 Å². The summed E-state index contributed by atoms with van der Waals surface area (Å²) in [4.78, 5) is 77.4. The number of hydrogen-bond acceptors (Lipinski definition) is 13. The molecule has 2 N–H and O–H groups in total. The van der Waals surface area contributed by atoms with E-state index < -0.39 is 50.0 Å². The van der Waals surface area contributed by atoms with Crippen LogP contribution < -0.4 is 0 Å². The summed E-state index contributed by atoms with van der Waals surface area (Å²) in [5, 5.41) is 18.3. The molecule has 0 aliphatic rings. The molecule has 0 saturated heterocycles. The maximum atomic E-state index is 12.5. The monoisotopic (exact) mass is 877 g/mol. The molecule has 0 aromatic carbocycles. The van der Waals surface area contributed by atoms with Gasteiger partial charge in [0.1, 0.15) is 25.4 Å². The second-order valence-electron chi connectivity index (χ2n) is 20.9. The lowest BCUT2D eigenvalue weighted by Gasteiger charge is -2.35. The van der Waals surface area contributed by atoms with Crippen LogP contribution in [-0.4, -0.2) is 148 Å². The van der Waals surface area contributed by atoms with Crippen LogP contribution in [0.15, 0.2) is 0 Å². The fraction of sp³-hybridized carbons (Fsp3) is 0.870. The summed E-state index contributed by atoms with van der Waals surface area (Å²) in [7, 11) is 11.5. The number of carboxylic acid groups (broad SMARTS) is 2. The number of rotatable bonds is 24. The van der Waals surface area contributed by atoms with Crippen LogP contribution in [0.4, 0.5) is 0 Å². The van der Waals surface area contributed by atoms with Crippen LogP contribution in [0.2, 0.25) is 0 Å². The average molecular weight is 877 g/mol. The summed E-state index contributed by atoms with van der Waals surface area (Å²) in [5.41, 5.74) is -5.38. The summed E-state index contributed by atoms with van der Waals surface area (Å²) >= 11 is 0. The minimum atomic E-state index is -0.939. The van der Waals surface area contributed by atoms with E-state index >= 15 is 0 Å². The number of esters is 4. The van der Waals surface area contributed by atoms with Gasteiger partial charge in [0.25, 0.3) is 0 Å². The predicted molar refractivity (Wildman–Crippen MR) is 241 cm³/mol. The van der Waals surface area contributed by atoms with Crippen molar-refractivity contribution in [2.45, 2.75) is 148 Å². The van der Waals surface area contributed by atoms with Gasteiger partial charge in [-0.05, 0) is 164 Å². The van der Waals surface area contributed by atoms with Crippen molar-refractivity contribution in [2.75, 3.05) is 81.7 Å². The summed E-state index contributed by atoms with van der Waals surface area (Å²) < 4.78 is 21.4. The molecule has 0 radical (unpaired) electrons. The summed E-state index contributed by atoms with van der Waals surface area (Å²) in [6.45, 7) is 29.8. The maximum absolute atomic E-state index is 12.5. The highest BCUT2D eigenvalue weighted by Crippen LogP contribution is 2.40. The number of hydrogen-bond donors (Lipinski definition) is 2. The first-order chi connectivity index (χ1) is 27.3.